The standard InChI is InChI=1S/C14H20ClNO3S/c1-10-5-4-6-11(2)16(10)20(17,18)14-8-7-12(19-3)9-13(14)15/h7-11H,4-6H2,1-3H3. The van der Waals surface area contributed by atoms with E-state index in [4.69, 9.17) is 16.3 Å². The van der Waals surface area contributed by atoms with Crippen molar-refractivity contribution in [2.24, 2.45) is 0 Å². The molecular weight excluding hydrogens is 298 g/mol. The summed E-state index contributed by atoms with van der Waals surface area (Å²) in [6.45, 7) is 3.90. The third-order valence-corrected chi connectivity index (χ3v) is 6.42. The zero-order chi connectivity index (χ0) is 14.9. The summed E-state index contributed by atoms with van der Waals surface area (Å²) in [4.78, 5) is 0.153. The lowest BCUT2D eigenvalue weighted by molar-refractivity contribution is 0.204. The summed E-state index contributed by atoms with van der Waals surface area (Å²) >= 11 is 6.12. The van der Waals surface area contributed by atoms with Crippen molar-refractivity contribution in [1.82, 2.24) is 4.31 Å². The Balaban J connectivity index is 2.44. The molecule has 0 aromatic heterocycles. The molecule has 1 aromatic carbocycles. The smallest absolute Gasteiger partial charge is 0.245 e. The van der Waals surface area contributed by atoms with E-state index < -0.39 is 10.0 Å². The summed E-state index contributed by atoms with van der Waals surface area (Å²) in [7, 11) is -2.05. The van der Waals surface area contributed by atoms with Gasteiger partial charge in [0.2, 0.25) is 10.0 Å². The number of benzene rings is 1. The molecule has 1 aliphatic rings. The number of halogens is 1. The van der Waals surface area contributed by atoms with Crippen LogP contribution in [0.3, 0.4) is 0 Å². The highest BCUT2D eigenvalue weighted by Gasteiger charge is 2.36. The molecule has 0 spiro atoms. The van der Waals surface area contributed by atoms with Gasteiger partial charge < -0.3 is 4.74 Å². The van der Waals surface area contributed by atoms with Crippen molar-refractivity contribution < 1.29 is 13.2 Å². The van der Waals surface area contributed by atoms with Gasteiger partial charge in [-0.1, -0.05) is 18.0 Å². The lowest BCUT2D eigenvalue weighted by atomic mass is 10.0. The topological polar surface area (TPSA) is 46.6 Å². The molecule has 0 radical (unpaired) electrons. The summed E-state index contributed by atoms with van der Waals surface area (Å²) in [5.74, 6) is 0.550. The first kappa shape index (κ1) is 15.6. The lowest BCUT2D eigenvalue weighted by Gasteiger charge is -2.37. The van der Waals surface area contributed by atoms with E-state index in [9.17, 15) is 8.42 Å². The number of nitrogens with zero attached hydrogens (tertiary/aromatic N) is 1. The summed E-state index contributed by atoms with van der Waals surface area (Å²) in [6.07, 6.45) is 2.83. The van der Waals surface area contributed by atoms with Crippen molar-refractivity contribution in [3.8, 4) is 5.75 Å². The predicted octanol–water partition coefficient (Wildman–Crippen LogP) is 3.30. The Morgan fingerprint density at radius 3 is 2.35 bits per heavy atom. The van der Waals surface area contributed by atoms with Gasteiger partial charge in [-0.15, -0.1) is 0 Å². The number of methoxy groups -OCH3 is 1. The Hall–Kier alpha value is -0.780. The van der Waals surface area contributed by atoms with Gasteiger partial charge in [-0.25, -0.2) is 8.42 Å². The Bertz CT molecular complexity index is 578. The number of ether oxygens (including phenoxy) is 1. The molecule has 6 heteroatoms. The fraction of sp³-hybridized carbons (Fsp3) is 0.571. The van der Waals surface area contributed by atoms with Crippen molar-refractivity contribution in [3.63, 3.8) is 0 Å². The molecule has 0 bridgehead atoms. The fourth-order valence-corrected chi connectivity index (χ4v) is 5.20. The largest absolute Gasteiger partial charge is 0.497 e. The van der Waals surface area contributed by atoms with E-state index in [0.717, 1.165) is 19.3 Å². The second-order valence-electron chi connectivity index (χ2n) is 5.26. The van der Waals surface area contributed by atoms with Crippen molar-refractivity contribution in [3.05, 3.63) is 23.2 Å². The molecule has 0 saturated carbocycles. The van der Waals surface area contributed by atoms with Gasteiger partial charge in [0.15, 0.2) is 0 Å². The minimum absolute atomic E-state index is 0.00178. The Labute approximate surface area is 125 Å². The van der Waals surface area contributed by atoms with Crippen LogP contribution >= 0.6 is 11.6 Å². The van der Waals surface area contributed by atoms with Crippen molar-refractivity contribution >= 4 is 21.6 Å². The van der Waals surface area contributed by atoms with Gasteiger partial charge in [0.05, 0.1) is 12.1 Å². The Morgan fingerprint density at radius 2 is 1.85 bits per heavy atom. The molecule has 1 fully saturated rings. The van der Waals surface area contributed by atoms with Gasteiger partial charge in [0.25, 0.3) is 0 Å². The molecule has 4 nitrogen and oxygen atoms in total. The van der Waals surface area contributed by atoms with E-state index in [2.05, 4.69) is 0 Å². The zero-order valence-corrected chi connectivity index (χ0v) is 13.5. The van der Waals surface area contributed by atoms with E-state index in [-0.39, 0.29) is 22.0 Å². The highest BCUT2D eigenvalue weighted by atomic mass is 35.5. The minimum atomic E-state index is -3.57. The van der Waals surface area contributed by atoms with Crippen molar-refractivity contribution in [2.75, 3.05) is 7.11 Å². The summed E-state index contributed by atoms with van der Waals surface area (Å²) in [5.41, 5.74) is 0. The molecule has 2 atom stereocenters. The van der Waals surface area contributed by atoms with Crippen LogP contribution in [0.15, 0.2) is 23.1 Å². The monoisotopic (exact) mass is 317 g/mol. The average Bonchev–Trinajstić information content (AvgIpc) is 2.37. The first-order valence-electron chi connectivity index (χ1n) is 6.75. The Morgan fingerprint density at radius 1 is 1.25 bits per heavy atom. The molecule has 1 heterocycles. The minimum Gasteiger partial charge on any atom is -0.497 e. The van der Waals surface area contributed by atoms with Crippen LogP contribution in [-0.4, -0.2) is 31.9 Å². The van der Waals surface area contributed by atoms with Crippen LogP contribution in [0.1, 0.15) is 33.1 Å². The predicted molar refractivity (Wildman–Crippen MR) is 79.8 cm³/mol. The second-order valence-corrected chi connectivity index (χ2v) is 7.48. The van der Waals surface area contributed by atoms with Gasteiger partial charge >= 0.3 is 0 Å². The Kier molecular flexibility index (Phi) is 4.62. The average molecular weight is 318 g/mol. The van der Waals surface area contributed by atoms with Crippen LogP contribution in [0.2, 0.25) is 5.02 Å². The number of rotatable bonds is 3. The van der Waals surface area contributed by atoms with E-state index in [1.165, 1.54) is 19.2 Å². The highest BCUT2D eigenvalue weighted by molar-refractivity contribution is 7.89. The van der Waals surface area contributed by atoms with Crippen LogP contribution in [0, 0.1) is 0 Å². The molecular formula is C14H20ClNO3S. The van der Waals surface area contributed by atoms with E-state index >= 15 is 0 Å². The molecule has 1 aromatic rings. The van der Waals surface area contributed by atoms with Crippen LogP contribution in [0.4, 0.5) is 0 Å². The molecule has 112 valence electrons. The molecule has 2 unspecified atom stereocenters. The maximum absolute atomic E-state index is 12.8. The second kappa shape index (κ2) is 5.92. The van der Waals surface area contributed by atoms with Crippen LogP contribution < -0.4 is 4.74 Å². The van der Waals surface area contributed by atoms with E-state index in [1.54, 1.807) is 10.4 Å². The number of sulfonamides is 1. The first-order chi connectivity index (χ1) is 9.37. The van der Waals surface area contributed by atoms with Gasteiger partial charge in [0, 0.05) is 18.2 Å². The van der Waals surface area contributed by atoms with E-state index in [0.29, 0.717) is 5.75 Å². The third-order valence-electron chi connectivity index (χ3n) is 3.81. The van der Waals surface area contributed by atoms with E-state index in [1.807, 2.05) is 13.8 Å². The van der Waals surface area contributed by atoms with Gasteiger partial charge in [0.1, 0.15) is 10.6 Å². The van der Waals surface area contributed by atoms with Crippen molar-refractivity contribution in [2.45, 2.75) is 50.1 Å². The summed E-state index contributed by atoms with van der Waals surface area (Å²) in [5, 5.41) is 0.203. The molecule has 2 rings (SSSR count). The number of hydrogen-bond acceptors (Lipinski definition) is 3. The first-order valence-corrected chi connectivity index (χ1v) is 8.57. The SMILES string of the molecule is COc1ccc(S(=O)(=O)N2C(C)CCCC2C)c(Cl)c1. The zero-order valence-electron chi connectivity index (χ0n) is 12.0. The maximum Gasteiger partial charge on any atom is 0.245 e. The van der Waals surface area contributed by atoms with Gasteiger partial charge in [-0.2, -0.15) is 4.31 Å². The van der Waals surface area contributed by atoms with Gasteiger partial charge in [-0.05, 0) is 38.8 Å². The molecule has 0 aliphatic carbocycles. The van der Waals surface area contributed by atoms with Crippen LogP contribution in [0.5, 0.6) is 5.75 Å². The molecule has 20 heavy (non-hydrogen) atoms. The quantitative estimate of drug-likeness (QED) is 0.859. The molecule has 1 saturated heterocycles. The summed E-state index contributed by atoms with van der Waals surface area (Å²) in [6, 6.07) is 4.68. The number of hydrogen-bond donors (Lipinski definition) is 0. The maximum atomic E-state index is 12.8. The molecule has 0 amide bonds. The normalized spacial score (nSPS) is 24.6. The third kappa shape index (κ3) is 2.80. The lowest BCUT2D eigenvalue weighted by Crippen LogP contribution is -2.47. The van der Waals surface area contributed by atoms with Gasteiger partial charge in [-0.3, -0.25) is 0 Å². The number of piperidine rings is 1. The fourth-order valence-electron chi connectivity index (χ4n) is 2.80. The van der Waals surface area contributed by atoms with Crippen LogP contribution in [0.25, 0.3) is 0 Å². The molecule has 0 N–H and O–H groups in total. The molecule has 1 aliphatic heterocycles. The van der Waals surface area contributed by atoms with Crippen LogP contribution in [-0.2, 0) is 10.0 Å². The highest BCUT2D eigenvalue weighted by Crippen LogP contribution is 2.33. The summed E-state index contributed by atoms with van der Waals surface area (Å²) < 4.78 is 32.3. The van der Waals surface area contributed by atoms with Crippen molar-refractivity contribution in [1.29, 1.82) is 0 Å².